The lowest BCUT2D eigenvalue weighted by atomic mass is 9.91. The molecule has 2 heterocycles. The first-order valence-corrected chi connectivity index (χ1v) is 7.87. The van der Waals surface area contributed by atoms with Gasteiger partial charge in [-0.05, 0) is 35.6 Å². The molecule has 2 unspecified atom stereocenters. The van der Waals surface area contributed by atoms with E-state index in [1.807, 2.05) is 6.92 Å². The minimum atomic E-state index is -0.135. The topological polar surface area (TPSA) is 29.5 Å². The SMILES string of the molecule is CCOC(=O)CN1C2Cc3ccccc3C1c1ccccc12. The summed E-state index contributed by atoms with van der Waals surface area (Å²) >= 11 is 0. The number of rotatable bonds is 3. The van der Waals surface area contributed by atoms with Gasteiger partial charge in [-0.1, -0.05) is 48.5 Å². The molecule has 0 aliphatic carbocycles. The van der Waals surface area contributed by atoms with Crippen LogP contribution < -0.4 is 0 Å². The quantitative estimate of drug-likeness (QED) is 0.814. The van der Waals surface area contributed by atoms with Crippen molar-refractivity contribution in [2.24, 2.45) is 0 Å². The van der Waals surface area contributed by atoms with E-state index in [4.69, 9.17) is 4.74 Å². The predicted octanol–water partition coefficient (Wildman–Crippen LogP) is 3.25. The maximum absolute atomic E-state index is 12.0. The van der Waals surface area contributed by atoms with Gasteiger partial charge in [0.1, 0.15) is 0 Å². The lowest BCUT2D eigenvalue weighted by Crippen LogP contribution is -2.37. The summed E-state index contributed by atoms with van der Waals surface area (Å²) in [6.45, 7) is 2.64. The molecule has 2 aliphatic heterocycles. The fraction of sp³-hybridized carbons (Fsp3) is 0.316. The molecule has 0 spiro atoms. The molecule has 2 aromatic rings. The zero-order valence-corrected chi connectivity index (χ0v) is 12.7. The van der Waals surface area contributed by atoms with Crippen molar-refractivity contribution in [3.63, 3.8) is 0 Å². The minimum Gasteiger partial charge on any atom is -0.465 e. The molecule has 2 aromatic carbocycles. The average molecular weight is 293 g/mol. The van der Waals surface area contributed by atoms with Crippen molar-refractivity contribution in [3.05, 3.63) is 70.8 Å². The monoisotopic (exact) mass is 293 g/mol. The van der Waals surface area contributed by atoms with Gasteiger partial charge in [0.15, 0.2) is 0 Å². The van der Waals surface area contributed by atoms with E-state index in [1.54, 1.807) is 0 Å². The van der Waals surface area contributed by atoms with Gasteiger partial charge in [0.05, 0.1) is 19.2 Å². The molecular weight excluding hydrogens is 274 g/mol. The van der Waals surface area contributed by atoms with Crippen molar-refractivity contribution < 1.29 is 9.53 Å². The van der Waals surface area contributed by atoms with E-state index in [0.29, 0.717) is 13.2 Å². The Balaban J connectivity index is 1.78. The van der Waals surface area contributed by atoms with Crippen LogP contribution in [0.1, 0.15) is 41.3 Å². The maximum atomic E-state index is 12.0. The highest BCUT2D eigenvalue weighted by Crippen LogP contribution is 2.51. The zero-order chi connectivity index (χ0) is 15.1. The van der Waals surface area contributed by atoms with Gasteiger partial charge in [-0.25, -0.2) is 0 Å². The number of carbonyl (C=O) groups is 1. The summed E-state index contributed by atoms with van der Waals surface area (Å²) in [6.07, 6.45) is 0.961. The molecule has 0 radical (unpaired) electrons. The number of carbonyl (C=O) groups excluding carboxylic acids is 1. The fourth-order valence-electron chi connectivity index (χ4n) is 3.93. The standard InChI is InChI=1S/C19H19NO2/c1-2-22-18(21)12-20-17-11-13-7-3-4-8-14(13)19(20)16-10-6-5-9-15(16)17/h3-10,17,19H,2,11-12H2,1H3. The smallest absolute Gasteiger partial charge is 0.320 e. The summed E-state index contributed by atoms with van der Waals surface area (Å²) < 4.78 is 5.18. The van der Waals surface area contributed by atoms with Crippen LogP contribution in [0, 0.1) is 0 Å². The van der Waals surface area contributed by atoms with E-state index in [9.17, 15) is 4.79 Å². The van der Waals surface area contributed by atoms with Crippen LogP contribution in [0.2, 0.25) is 0 Å². The van der Waals surface area contributed by atoms with E-state index in [2.05, 4.69) is 53.4 Å². The average Bonchev–Trinajstić information content (AvgIpc) is 2.74. The van der Waals surface area contributed by atoms with Crippen LogP contribution in [0.4, 0.5) is 0 Å². The van der Waals surface area contributed by atoms with Crippen molar-refractivity contribution in [2.45, 2.75) is 25.4 Å². The Kier molecular flexibility index (Phi) is 3.23. The number of benzene rings is 2. The molecule has 0 N–H and O–H groups in total. The maximum Gasteiger partial charge on any atom is 0.320 e. The highest BCUT2D eigenvalue weighted by atomic mass is 16.5. The first-order valence-electron chi connectivity index (χ1n) is 7.87. The van der Waals surface area contributed by atoms with E-state index in [1.165, 1.54) is 22.3 Å². The molecule has 0 fully saturated rings. The molecule has 0 amide bonds. The van der Waals surface area contributed by atoms with Crippen molar-refractivity contribution >= 4 is 5.97 Å². The summed E-state index contributed by atoms with van der Waals surface area (Å²) in [4.78, 5) is 14.3. The molecular formula is C19H19NO2. The number of hydrogen-bond acceptors (Lipinski definition) is 3. The summed E-state index contributed by atoms with van der Waals surface area (Å²) in [5.74, 6) is -0.135. The molecule has 2 atom stereocenters. The van der Waals surface area contributed by atoms with E-state index >= 15 is 0 Å². The van der Waals surface area contributed by atoms with Gasteiger partial charge in [-0.2, -0.15) is 0 Å². The van der Waals surface area contributed by atoms with Crippen molar-refractivity contribution in [1.29, 1.82) is 0 Å². The predicted molar refractivity (Wildman–Crippen MR) is 84.5 cm³/mol. The Morgan fingerprint density at radius 2 is 1.77 bits per heavy atom. The number of nitrogens with zero attached hydrogens (tertiary/aromatic N) is 1. The van der Waals surface area contributed by atoms with Gasteiger partial charge < -0.3 is 4.74 Å². The summed E-state index contributed by atoms with van der Waals surface area (Å²) in [5, 5.41) is 0. The Morgan fingerprint density at radius 1 is 1.09 bits per heavy atom. The van der Waals surface area contributed by atoms with Crippen LogP contribution in [-0.2, 0) is 16.0 Å². The van der Waals surface area contributed by atoms with Crippen molar-refractivity contribution in [1.82, 2.24) is 4.90 Å². The fourth-order valence-corrected chi connectivity index (χ4v) is 3.93. The number of hydrogen-bond donors (Lipinski definition) is 0. The molecule has 22 heavy (non-hydrogen) atoms. The van der Waals surface area contributed by atoms with E-state index in [0.717, 1.165) is 6.42 Å². The largest absolute Gasteiger partial charge is 0.465 e. The third kappa shape index (κ3) is 1.97. The number of esters is 1. The summed E-state index contributed by atoms with van der Waals surface area (Å²) in [5.41, 5.74) is 5.41. The molecule has 0 aromatic heterocycles. The second-order valence-electron chi connectivity index (χ2n) is 5.93. The first-order chi connectivity index (χ1) is 10.8. The molecule has 112 valence electrons. The molecule has 2 bridgehead atoms. The third-order valence-electron chi connectivity index (χ3n) is 4.76. The lowest BCUT2D eigenvalue weighted by Gasteiger charge is -2.36. The Labute approximate surface area is 130 Å². The second-order valence-corrected chi connectivity index (χ2v) is 5.93. The molecule has 3 nitrogen and oxygen atoms in total. The van der Waals surface area contributed by atoms with E-state index in [-0.39, 0.29) is 18.1 Å². The summed E-state index contributed by atoms with van der Waals surface area (Å²) in [7, 11) is 0. The Hall–Kier alpha value is -2.13. The second kappa shape index (κ2) is 5.25. The van der Waals surface area contributed by atoms with E-state index < -0.39 is 0 Å². The first kappa shape index (κ1) is 13.5. The molecule has 4 rings (SSSR count). The highest BCUT2D eigenvalue weighted by molar-refractivity contribution is 5.72. The van der Waals surface area contributed by atoms with Crippen LogP contribution in [0.5, 0.6) is 0 Å². The van der Waals surface area contributed by atoms with Crippen LogP contribution >= 0.6 is 0 Å². The Morgan fingerprint density at radius 3 is 2.55 bits per heavy atom. The zero-order valence-electron chi connectivity index (χ0n) is 12.7. The normalized spacial score (nSPS) is 22.0. The van der Waals surface area contributed by atoms with Gasteiger partial charge in [0.2, 0.25) is 0 Å². The van der Waals surface area contributed by atoms with Crippen molar-refractivity contribution in [3.8, 4) is 0 Å². The molecule has 2 aliphatic rings. The van der Waals surface area contributed by atoms with Gasteiger partial charge in [0.25, 0.3) is 0 Å². The van der Waals surface area contributed by atoms with Crippen LogP contribution in [0.15, 0.2) is 48.5 Å². The molecule has 0 saturated heterocycles. The third-order valence-corrected chi connectivity index (χ3v) is 4.76. The number of fused-ring (bicyclic) bond motifs is 7. The highest BCUT2D eigenvalue weighted by Gasteiger charge is 2.44. The molecule has 0 saturated carbocycles. The summed E-state index contributed by atoms with van der Waals surface area (Å²) in [6, 6.07) is 17.6. The van der Waals surface area contributed by atoms with Crippen LogP contribution in [-0.4, -0.2) is 24.0 Å². The van der Waals surface area contributed by atoms with Gasteiger partial charge in [0, 0.05) is 6.04 Å². The van der Waals surface area contributed by atoms with Gasteiger partial charge in [-0.15, -0.1) is 0 Å². The minimum absolute atomic E-state index is 0.135. The van der Waals surface area contributed by atoms with Gasteiger partial charge in [-0.3, -0.25) is 9.69 Å². The van der Waals surface area contributed by atoms with Crippen LogP contribution in [0.3, 0.4) is 0 Å². The van der Waals surface area contributed by atoms with Crippen LogP contribution in [0.25, 0.3) is 0 Å². The number of ether oxygens (including phenoxy) is 1. The molecule has 3 heteroatoms. The Bertz CT molecular complexity index is 714. The lowest BCUT2D eigenvalue weighted by molar-refractivity contribution is -0.145. The van der Waals surface area contributed by atoms with Crippen molar-refractivity contribution in [2.75, 3.05) is 13.2 Å². The van der Waals surface area contributed by atoms with Gasteiger partial charge >= 0.3 is 5.97 Å².